The third kappa shape index (κ3) is 2.92. The number of hydrogen-bond donors (Lipinski definition) is 1. The molecular weight excluding hydrogens is 280 g/mol. The number of benzene rings is 1. The van der Waals surface area contributed by atoms with Crippen LogP contribution in [-0.2, 0) is 0 Å². The number of thiophene rings is 1. The lowest BCUT2D eigenvalue weighted by atomic mass is 9.97. The lowest BCUT2D eigenvalue weighted by Crippen LogP contribution is -2.41. The van der Waals surface area contributed by atoms with Crippen molar-refractivity contribution in [2.24, 2.45) is 5.73 Å². The number of fused-ring (bicyclic) bond motifs is 1. The van der Waals surface area contributed by atoms with Crippen molar-refractivity contribution in [2.45, 2.75) is 31.8 Å². The normalized spacial score (nSPS) is 17.5. The van der Waals surface area contributed by atoms with Gasteiger partial charge in [0.15, 0.2) is 0 Å². The predicted octanol–water partition coefficient (Wildman–Crippen LogP) is 3.82. The maximum atomic E-state index is 6.47. The molecule has 0 spiro atoms. The van der Waals surface area contributed by atoms with Gasteiger partial charge in [-0.1, -0.05) is 19.1 Å². The van der Waals surface area contributed by atoms with E-state index in [1.54, 1.807) is 11.3 Å². The molecule has 112 valence electrons. The van der Waals surface area contributed by atoms with Gasteiger partial charge in [-0.2, -0.15) is 11.3 Å². The van der Waals surface area contributed by atoms with Crippen LogP contribution in [0, 0.1) is 0 Å². The minimum Gasteiger partial charge on any atom is -0.491 e. The van der Waals surface area contributed by atoms with E-state index in [9.17, 15) is 0 Å². The third-order valence-corrected chi connectivity index (χ3v) is 4.77. The second-order valence-corrected chi connectivity index (χ2v) is 6.22. The molecule has 2 aromatic rings. The molecule has 0 fully saturated rings. The molecule has 21 heavy (non-hydrogen) atoms. The van der Waals surface area contributed by atoms with Crippen LogP contribution in [0.3, 0.4) is 0 Å². The molecule has 1 aliphatic rings. The molecule has 2 N–H and O–H groups in total. The van der Waals surface area contributed by atoms with Gasteiger partial charge in [0.1, 0.15) is 5.75 Å². The Labute approximate surface area is 130 Å². The number of para-hydroxylation sites is 2. The highest BCUT2D eigenvalue weighted by Gasteiger charge is 2.29. The Kier molecular flexibility index (Phi) is 4.46. The predicted molar refractivity (Wildman–Crippen MR) is 89.2 cm³/mol. The molecule has 0 bridgehead atoms. The number of nitrogens with two attached hydrogens (primary N) is 1. The van der Waals surface area contributed by atoms with Gasteiger partial charge in [-0.05, 0) is 47.4 Å². The lowest BCUT2D eigenvalue weighted by molar-refractivity contribution is 0.322. The number of hydrogen-bond acceptors (Lipinski definition) is 4. The van der Waals surface area contributed by atoms with Crippen molar-refractivity contribution in [2.75, 3.05) is 18.1 Å². The van der Waals surface area contributed by atoms with Crippen molar-refractivity contribution < 1.29 is 4.74 Å². The van der Waals surface area contributed by atoms with Crippen molar-refractivity contribution in [3.05, 3.63) is 46.7 Å². The quantitative estimate of drug-likeness (QED) is 0.933. The maximum absolute atomic E-state index is 6.47. The first-order chi connectivity index (χ1) is 10.3. The summed E-state index contributed by atoms with van der Waals surface area (Å²) < 4.78 is 5.88. The largest absolute Gasteiger partial charge is 0.491 e. The van der Waals surface area contributed by atoms with Crippen molar-refractivity contribution in [3.8, 4) is 5.75 Å². The first kappa shape index (κ1) is 14.4. The maximum Gasteiger partial charge on any atom is 0.142 e. The molecule has 0 radical (unpaired) electrons. The van der Waals surface area contributed by atoms with Gasteiger partial charge in [-0.3, -0.25) is 0 Å². The summed E-state index contributed by atoms with van der Waals surface area (Å²) in [4.78, 5) is 2.43. The van der Waals surface area contributed by atoms with E-state index in [2.05, 4.69) is 46.8 Å². The number of ether oxygens (including phenoxy) is 1. The highest BCUT2D eigenvalue weighted by molar-refractivity contribution is 7.08. The van der Waals surface area contributed by atoms with Crippen molar-refractivity contribution >= 4 is 17.0 Å². The molecule has 2 unspecified atom stereocenters. The summed E-state index contributed by atoms with van der Waals surface area (Å²) in [6, 6.07) is 10.8. The third-order valence-electron chi connectivity index (χ3n) is 4.07. The van der Waals surface area contributed by atoms with Gasteiger partial charge in [0.2, 0.25) is 0 Å². The van der Waals surface area contributed by atoms with Crippen LogP contribution in [0.2, 0.25) is 0 Å². The van der Waals surface area contributed by atoms with E-state index in [4.69, 9.17) is 10.5 Å². The van der Waals surface area contributed by atoms with Crippen molar-refractivity contribution in [3.63, 3.8) is 0 Å². The number of rotatable bonds is 4. The van der Waals surface area contributed by atoms with E-state index in [-0.39, 0.29) is 12.1 Å². The van der Waals surface area contributed by atoms with E-state index in [0.717, 1.165) is 37.4 Å². The molecule has 1 aliphatic heterocycles. The Hall–Kier alpha value is -1.52. The smallest absolute Gasteiger partial charge is 0.142 e. The highest BCUT2D eigenvalue weighted by Crippen LogP contribution is 2.38. The van der Waals surface area contributed by atoms with Crippen molar-refractivity contribution in [1.29, 1.82) is 0 Å². The standard InChI is InChI=1S/C17H22N2OS/c1-2-14(18)17(13-8-11-21-12-13)19-9-5-10-20-16-7-4-3-6-15(16)19/h3-4,6-8,11-12,14,17H,2,5,9-10,18H2,1H3. The second-order valence-electron chi connectivity index (χ2n) is 5.44. The van der Waals surface area contributed by atoms with Gasteiger partial charge >= 0.3 is 0 Å². The van der Waals surface area contributed by atoms with Gasteiger partial charge in [0, 0.05) is 12.6 Å². The molecule has 1 aromatic heterocycles. The van der Waals surface area contributed by atoms with Crippen LogP contribution < -0.4 is 15.4 Å². The lowest BCUT2D eigenvalue weighted by Gasteiger charge is -2.36. The summed E-state index contributed by atoms with van der Waals surface area (Å²) in [5.74, 6) is 0.971. The molecule has 1 aromatic carbocycles. The van der Waals surface area contributed by atoms with Gasteiger partial charge in [0.25, 0.3) is 0 Å². The van der Waals surface area contributed by atoms with Crippen LogP contribution >= 0.6 is 11.3 Å². The molecule has 0 saturated carbocycles. The Morgan fingerprint density at radius 1 is 1.33 bits per heavy atom. The zero-order valence-electron chi connectivity index (χ0n) is 12.4. The molecule has 0 aliphatic carbocycles. The number of anilines is 1. The molecule has 0 saturated heterocycles. The van der Waals surface area contributed by atoms with E-state index < -0.39 is 0 Å². The Bertz CT molecular complexity index is 570. The average Bonchev–Trinajstić information content (AvgIpc) is 2.96. The van der Waals surface area contributed by atoms with Gasteiger partial charge in [0.05, 0.1) is 18.3 Å². The Balaban J connectivity index is 2.02. The zero-order chi connectivity index (χ0) is 14.7. The van der Waals surface area contributed by atoms with Crippen LogP contribution in [0.15, 0.2) is 41.1 Å². The van der Waals surface area contributed by atoms with Crippen molar-refractivity contribution in [1.82, 2.24) is 0 Å². The molecule has 3 rings (SSSR count). The summed E-state index contributed by atoms with van der Waals surface area (Å²) in [7, 11) is 0. The van der Waals surface area contributed by atoms with Crippen LogP contribution in [0.4, 0.5) is 5.69 Å². The molecule has 2 atom stereocenters. The average molecular weight is 302 g/mol. The molecule has 4 heteroatoms. The SMILES string of the molecule is CCC(N)C(c1ccsc1)N1CCCOc2ccccc21. The van der Waals surface area contributed by atoms with Crippen LogP contribution in [0.25, 0.3) is 0 Å². The second kappa shape index (κ2) is 6.50. The Morgan fingerprint density at radius 3 is 2.95 bits per heavy atom. The first-order valence-electron chi connectivity index (χ1n) is 7.57. The molecule has 3 nitrogen and oxygen atoms in total. The fourth-order valence-corrected chi connectivity index (χ4v) is 3.66. The van der Waals surface area contributed by atoms with E-state index >= 15 is 0 Å². The minimum absolute atomic E-state index is 0.116. The fourth-order valence-electron chi connectivity index (χ4n) is 2.97. The number of nitrogens with zero attached hydrogens (tertiary/aromatic N) is 1. The zero-order valence-corrected chi connectivity index (χ0v) is 13.2. The van der Waals surface area contributed by atoms with E-state index in [1.165, 1.54) is 5.56 Å². The fraction of sp³-hybridized carbons (Fsp3) is 0.412. The van der Waals surface area contributed by atoms with E-state index in [1.807, 2.05) is 6.07 Å². The van der Waals surface area contributed by atoms with Crippen LogP contribution in [-0.4, -0.2) is 19.2 Å². The molecule has 2 heterocycles. The van der Waals surface area contributed by atoms with E-state index in [0.29, 0.717) is 0 Å². The summed E-state index contributed by atoms with van der Waals surface area (Å²) >= 11 is 1.73. The first-order valence-corrected chi connectivity index (χ1v) is 8.51. The van der Waals surface area contributed by atoms with Gasteiger partial charge < -0.3 is 15.4 Å². The molecule has 0 amide bonds. The monoisotopic (exact) mass is 302 g/mol. The summed E-state index contributed by atoms with van der Waals surface area (Å²) in [5, 5.41) is 4.35. The summed E-state index contributed by atoms with van der Waals surface area (Å²) in [5.41, 5.74) is 8.94. The topological polar surface area (TPSA) is 38.5 Å². The Morgan fingerprint density at radius 2 is 2.19 bits per heavy atom. The summed E-state index contributed by atoms with van der Waals surface area (Å²) in [6.45, 7) is 3.90. The summed E-state index contributed by atoms with van der Waals surface area (Å²) in [6.07, 6.45) is 1.98. The minimum atomic E-state index is 0.116. The van der Waals surface area contributed by atoms with Crippen LogP contribution in [0.1, 0.15) is 31.4 Å². The molecular formula is C17H22N2OS. The van der Waals surface area contributed by atoms with Gasteiger partial charge in [-0.25, -0.2) is 0 Å². The van der Waals surface area contributed by atoms with Crippen LogP contribution in [0.5, 0.6) is 5.75 Å². The van der Waals surface area contributed by atoms with Gasteiger partial charge in [-0.15, -0.1) is 0 Å². The highest BCUT2D eigenvalue weighted by atomic mass is 32.1.